The van der Waals surface area contributed by atoms with Crippen molar-refractivity contribution in [2.45, 2.75) is 6.92 Å². The van der Waals surface area contributed by atoms with Gasteiger partial charge in [0.1, 0.15) is 0 Å². The Kier molecular flexibility index (Phi) is 4.33. The number of aromatic nitrogens is 1. The van der Waals surface area contributed by atoms with Gasteiger partial charge in [-0.1, -0.05) is 17.3 Å². The molecule has 1 heterocycles. The van der Waals surface area contributed by atoms with Gasteiger partial charge in [-0.15, -0.1) is 0 Å². The highest BCUT2D eigenvalue weighted by Gasteiger charge is 2.16. The highest BCUT2D eigenvalue weighted by molar-refractivity contribution is 6.01. The molecule has 0 amide bonds. The summed E-state index contributed by atoms with van der Waals surface area (Å²) in [7, 11) is 3.19. The molecule has 0 aliphatic heterocycles. The molecular weight excluding hydrogens is 304 g/mol. The third-order valence-corrected chi connectivity index (χ3v) is 3.96. The maximum absolute atomic E-state index is 9.09. The summed E-state index contributed by atoms with van der Waals surface area (Å²) in [5.74, 6) is 1.22. The van der Waals surface area contributed by atoms with Crippen LogP contribution >= 0.6 is 0 Å². The molecule has 0 aliphatic carbocycles. The molecule has 0 aliphatic rings. The average molecular weight is 322 g/mol. The van der Waals surface area contributed by atoms with Gasteiger partial charge in [0.25, 0.3) is 0 Å². The van der Waals surface area contributed by atoms with Crippen molar-refractivity contribution in [1.82, 2.24) is 4.98 Å². The Bertz CT molecular complexity index is 920. The fourth-order valence-corrected chi connectivity index (χ4v) is 2.69. The van der Waals surface area contributed by atoms with E-state index in [1.165, 1.54) is 0 Å². The normalized spacial score (nSPS) is 11.5. The van der Waals surface area contributed by atoms with Crippen LogP contribution in [0.4, 0.5) is 0 Å². The molecule has 1 N–H and O–H groups in total. The summed E-state index contributed by atoms with van der Waals surface area (Å²) in [6.07, 6.45) is 1.77. The summed E-state index contributed by atoms with van der Waals surface area (Å²) in [5, 5.41) is 13.4. The number of benzene rings is 2. The third-order valence-electron chi connectivity index (χ3n) is 3.96. The standard InChI is InChI=1S/C19H18N2O3/c1-12(21-22)15-10-16(19(24-3)18(11-15)23-2)13-6-7-17-14(9-13)5-4-8-20-17/h4-11,22H,1-3H3/b21-12+. The largest absolute Gasteiger partial charge is 0.493 e. The second-order valence-corrected chi connectivity index (χ2v) is 5.36. The molecule has 0 atom stereocenters. The fraction of sp³-hybridized carbons (Fsp3) is 0.158. The number of pyridine rings is 1. The SMILES string of the molecule is COc1cc(/C(C)=N/O)cc(-c2ccc3ncccc3c2)c1OC. The van der Waals surface area contributed by atoms with Crippen molar-refractivity contribution in [3.8, 4) is 22.6 Å². The molecule has 0 saturated carbocycles. The Morgan fingerprint density at radius 2 is 1.92 bits per heavy atom. The Labute approximate surface area is 140 Å². The zero-order valence-corrected chi connectivity index (χ0v) is 13.8. The van der Waals surface area contributed by atoms with Crippen molar-refractivity contribution in [2.24, 2.45) is 5.16 Å². The molecule has 0 saturated heterocycles. The van der Waals surface area contributed by atoms with Crippen LogP contribution in [0.3, 0.4) is 0 Å². The Hall–Kier alpha value is -3.08. The van der Waals surface area contributed by atoms with E-state index in [-0.39, 0.29) is 0 Å². The van der Waals surface area contributed by atoms with E-state index in [0.717, 1.165) is 27.6 Å². The summed E-state index contributed by atoms with van der Waals surface area (Å²) in [5.41, 5.74) is 4.02. The number of hydrogen-bond acceptors (Lipinski definition) is 5. The predicted molar refractivity (Wildman–Crippen MR) is 94.3 cm³/mol. The lowest BCUT2D eigenvalue weighted by molar-refractivity contribution is 0.319. The van der Waals surface area contributed by atoms with E-state index in [4.69, 9.17) is 14.7 Å². The van der Waals surface area contributed by atoms with Crippen LogP contribution < -0.4 is 9.47 Å². The minimum absolute atomic E-state index is 0.500. The first-order valence-electron chi connectivity index (χ1n) is 7.48. The first-order valence-corrected chi connectivity index (χ1v) is 7.48. The van der Waals surface area contributed by atoms with Crippen LogP contribution in [-0.2, 0) is 0 Å². The van der Waals surface area contributed by atoms with Crippen molar-refractivity contribution in [3.63, 3.8) is 0 Å². The average Bonchev–Trinajstić information content (AvgIpc) is 2.65. The molecule has 122 valence electrons. The van der Waals surface area contributed by atoms with Crippen molar-refractivity contribution in [3.05, 3.63) is 54.2 Å². The molecule has 24 heavy (non-hydrogen) atoms. The van der Waals surface area contributed by atoms with Gasteiger partial charge in [0.05, 0.1) is 25.4 Å². The molecule has 0 bridgehead atoms. The van der Waals surface area contributed by atoms with Crippen LogP contribution in [0, 0.1) is 0 Å². The Morgan fingerprint density at radius 3 is 2.62 bits per heavy atom. The molecule has 3 rings (SSSR count). The van der Waals surface area contributed by atoms with Crippen LogP contribution in [0.25, 0.3) is 22.0 Å². The lowest BCUT2D eigenvalue weighted by Gasteiger charge is -2.15. The first-order chi connectivity index (χ1) is 11.7. The quantitative estimate of drug-likeness (QED) is 0.446. The van der Waals surface area contributed by atoms with Gasteiger partial charge in [-0.2, -0.15) is 0 Å². The van der Waals surface area contributed by atoms with Gasteiger partial charge in [0.15, 0.2) is 11.5 Å². The lowest BCUT2D eigenvalue weighted by Crippen LogP contribution is -2.00. The van der Waals surface area contributed by atoms with Crippen LogP contribution in [0.1, 0.15) is 12.5 Å². The van der Waals surface area contributed by atoms with Crippen molar-refractivity contribution < 1.29 is 14.7 Å². The van der Waals surface area contributed by atoms with Crippen molar-refractivity contribution >= 4 is 16.6 Å². The number of ether oxygens (including phenoxy) is 2. The van der Waals surface area contributed by atoms with Crippen molar-refractivity contribution in [2.75, 3.05) is 14.2 Å². The number of methoxy groups -OCH3 is 2. The molecular formula is C19H18N2O3. The van der Waals surface area contributed by atoms with Crippen LogP contribution in [0.2, 0.25) is 0 Å². The number of fused-ring (bicyclic) bond motifs is 1. The molecule has 5 nitrogen and oxygen atoms in total. The Balaban J connectivity index is 2.26. The van der Waals surface area contributed by atoms with E-state index >= 15 is 0 Å². The predicted octanol–water partition coefficient (Wildman–Crippen LogP) is 4.12. The summed E-state index contributed by atoms with van der Waals surface area (Å²) in [6, 6.07) is 13.6. The second-order valence-electron chi connectivity index (χ2n) is 5.36. The lowest BCUT2D eigenvalue weighted by atomic mass is 9.98. The summed E-state index contributed by atoms with van der Waals surface area (Å²) < 4.78 is 11.0. The van der Waals surface area contributed by atoms with Crippen LogP contribution in [0.15, 0.2) is 53.8 Å². The highest BCUT2D eigenvalue weighted by Crippen LogP contribution is 2.40. The van der Waals surface area contributed by atoms with Gasteiger partial charge in [0, 0.05) is 22.7 Å². The third kappa shape index (κ3) is 2.76. The number of oxime groups is 1. The van der Waals surface area contributed by atoms with E-state index in [1.807, 2.05) is 30.3 Å². The van der Waals surface area contributed by atoms with Gasteiger partial charge in [-0.3, -0.25) is 4.98 Å². The molecule has 0 fully saturated rings. The van der Waals surface area contributed by atoms with E-state index < -0.39 is 0 Å². The zero-order valence-electron chi connectivity index (χ0n) is 13.8. The fourth-order valence-electron chi connectivity index (χ4n) is 2.69. The molecule has 0 radical (unpaired) electrons. The van der Waals surface area contributed by atoms with Gasteiger partial charge < -0.3 is 14.7 Å². The van der Waals surface area contributed by atoms with Crippen LogP contribution in [0.5, 0.6) is 11.5 Å². The van der Waals surface area contributed by atoms with Crippen LogP contribution in [-0.4, -0.2) is 30.1 Å². The Morgan fingerprint density at radius 1 is 1.08 bits per heavy atom. The van der Waals surface area contributed by atoms with E-state index in [9.17, 15) is 0 Å². The molecule has 0 spiro atoms. The zero-order chi connectivity index (χ0) is 17.1. The van der Waals surface area contributed by atoms with E-state index in [2.05, 4.69) is 16.2 Å². The van der Waals surface area contributed by atoms with Crippen molar-refractivity contribution in [1.29, 1.82) is 0 Å². The number of rotatable bonds is 4. The number of hydrogen-bond donors (Lipinski definition) is 1. The smallest absolute Gasteiger partial charge is 0.168 e. The molecule has 1 aromatic heterocycles. The summed E-state index contributed by atoms with van der Waals surface area (Å²) in [4.78, 5) is 4.34. The number of nitrogens with zero attached hydrogens (tertiary/aromatic N) is 2. The molecule has 5 heteroatoms. The van der Waals surface area contributed by atoms with Gasteiger partial charge in [-0.25, -0.2) is 0 Å². The minimum atomic E-state index is 0.500. The minimum Gasteiger partial charge on any atom is -0.493 e. The van der Waals surface area contributed by atoms with E-state index in [1.54, 1.807) is 33.4 Å². The molecule has 3 aromatic rings. The second kappa shape index (κ2) is 6.58. The topological polar surface area (TPSA) is 63.9 Å². The van der Waals surface area contributed by atoms with Gasteiger partial charge in [0.2, 0.25) is 0 Å². The van der Waals surface area contributed by atoms with Gasteiger partial charge >= 0.3 is 0 Å². The first kappa shape index (κ1) is 15.8. The van der Waals surface area contributed by atoms with E-state index in [0.29, 0.717) is 17.2 Å². The molecule has 2 aromatic carbocycles. The summed E-state index contributed by atoms with van der Waals surface area (Å²) in [6.45, 7) is 1.73. The monoisotopic (exact) mass is 322 g/mol. The van der Waals surface area contributed by atoms with Gasteiger partial charge in [-0.05, 0) is 42.8 Å². The summed E-state index contributed by atoms with van der Waals surface area (Å²) >= 11 is 0. The maximum Gasteiger partial charge on any atom is 0.168 e. The highest BCUT2D eigenvalue weighted by atomic mass is 16.5. The maximum atomic E-state index is 9.09. The molecule has 0 unspecified atom stereocenters.